The number of nitrogens with zero attached hydrogens (tertiary/aromatic N) is 13. The standard InChI is InChI=1S/C21H32ClN3O7S.C21H33N3O7S.C14H20ClN3O5S.C11H17N3O3S.CH2Cl2.CH4O.2CH4.HN4.Na.H2O/c1-11-29-15(26)13(24-32-21(8,9)10)12-14(22)33-16(23-12)25(17(27)30-19(2,3)4)18(28)31-20(5,6)7;1-11-28-15(25)14(23-31-21(8,9)10)13-12-32-16(22-13)24(17(26)29-19(2,3)4)18(27)30-20(5,6)7;1-13(2,3)22-12(21)17-11-16-7(9(15)24-11)8(10(19)20)18-23-14(4,5)6;1-5-16-9(15)8(14-17-11(2,3)4)7-6-18-10(12)13-7;2-1-3;1-2;;;1-3-4-2;;/h11H2,1-10H3;12H,11H2,1-10H3;1-6H3,(H,19,20)(H,16,17,21);6H,5H2,1-4H3,(H2,12,13);1H2;2H,1H3;2*1H4;1H;;1H2/q;;;;;;;;-1;+1;/p-1/b24-13-;23-14-;18-8-;14-8-;;;;;;;. The van der Waals surface area contributed by atoms with Crippen molar-refractivity contribution in [2.24, 2.45) is 31.1 Å². The first-order valence-corrected chi connectivity index (χ1v) is 39.5. The van der Waals surface area contributed by atoms with Gasteiger partial charge < -0.3 is 84.2 Å². The zero-order valence-corrected chi connectivity index (χ0v) is 80.7. The minimum Gasteiger partial charge on any atom is -0.870 e. The summed E-state index contributed by atoms with van der Waals surface area (Å²) < 4.78 is 41.5. The van der Waals surface area contributed by atoms with Crippen LogP contribution in [0, 0.1) is 5.53 Å². The summed E-state index contributed by atoms with van der Waals surface area (Å²) in [6, 6.07) is 0. The number of aliphatic carboxylic acids is 1. The molecule has 0 atom stereocenters. The van der Waals surface area contributed by atoms with Crippen LogP contribution in [0.15, 0.2) is 41.8 Å². The molecule has 0 unspecified atom stereocenters. The number of aliphatic hydroxyl groups is 1. The van der Waals surface area contributed by atoms with Crippen molar-refractivity contribution in [1.29, 1.82) is 5.53 Å². The van der Waals surface area contributed by atoms with Crippen molar-refractivity contribution in [3.63, 3.8) is 0 Å². The molecule has 0 saturated heterocycles. The Morgan fingerprint density at radius 1 is 0.475 bits per heavy atom. The first-order chi connectivity index (χ1) is 52.7. The Hall–Kier alpha value is -7.89. The monoisotopic (exact) mass is 1870 g/mol. The molecule has 120 heavy (non-hydrogen) atoms. The molecule has 0 aromatic carbocycles. The van der Waals surface area contributed by atoms with Crippen LogP contribution < -0.4 is 50.4 Å². The molecular formula is C71H118Cl4N16NaO24S4-. The fourth-order valence-electron chi connectivity index (χ4n) is 6.05. The normalized spacial score (nSPS) is 11.7. The summed E-state index contributed by atoms with van der Waals surface area (Å²) in [6.45, 7) is 51.6. The molecule has 49 heteroatoms. The van der Waals surface area contributed by atoms with E-state index in [1.165, 1.54) is 16.7 Å². The van der Waals surface area contributed by atoms with Gasteiger partial charge in [0.05, 0.1) is 25.2 Å². The number of carboxylic acid groups (broad SMARTS) is 1. The zero-order valence-electron chi connectivity index (χ0n) is 72.4. The molecule has 40 nitrogen and oxygen atoms in total. The molecule has 0 aliphatic carbocycles. The molecular weight excluding hydrogens is 1750 g/mol. The topological polar surface area (TPSA) is 551 Å². The molecule has 4 aromatic rings. The molecule has 0 fully saturated rings. The number of esters is 3. The van der Waals surface area contributed by atoms with E-state index in [1.807, 2.05) is 26.0 Å². The molecule has 0 radical (unpaired) electrons. The van der Waals surface area contributed by atoms with Gasteiger partial charge in [-0.1, -0.05) is 81.4 Å². The second-order valence-corrected chi connectivity index (χ2v) is 36.6. The van der Waals surface area contributed by atoms with Crippen LogP contribution in [0.4, 0.5) is 44.5 Å². The van der Waals surface area contributed by atoms with Crippen molar-refractivity contribution >= 4 is 189 Å². The van der Waals surface area contributed by atoms with Crippen LogP contribution in [0.2, 0.25) is 8.67 Å². The van der Waals surface area contributed by atoms with Gasteiger partial charge in [-0.05, 0) is 208 Å². The summed E-state index contributed by atoms with van der Waals surface area (Å²) in [4.78, 5) is 150. The number of rotatable bonds is 19. The average Bonchev–Trinajstić information content (AvgIpc) is 1.65. The van der Waals surface area contributed by atoms with Gasteiger partial charge in [0.2, 0.25) is 33.1 Å². The number of halogens is 4. The Labute approximate surface area is 759 Å². The van der Waals surface area contributed by atoms with Gasteiger partial charge in [-0.25, -0.2) is 63.1 Å². The molecule has 680 valence electrons. The van der Waals surface area contributed by atoms with Crippen LogP contribution in [-0.2, 0) is 76.4 Å². The number of aromatic nitrogens is 4. The summed E-state index contributed by atoms with van der Waals surface area (Å²) in [5.41, 5.74) is 10.8. The van der Waals surface area contributed by atoms with E-state index in [9.17, 15) is 48.3 Å². The Morgan fingerprint density at radius 3 is 1.05 bits per heavy atom. The van der Waals surface area contributed by atoms with Gasteiger partial charge >= 0.3 is 83.9 Å². The third-order valence-corrected chi connectivity index (χ3v) is 13.6. The fourth-order valence-corrected chi connectivity index (χ4v) is 9.54. The van der Waals surface area contributed by atoms with Gasteiger partial charge in [-0.3, -0.25) is 21.3 Å². The quantitative estimate of drug-likeness (QED) is 0.0111. The number of nitrogens with two attached hydrogens (primary N) is 1. The van der Waals surface area contributed by atoms with E-state index >= 15 is 0 Å². The van der Waals surface area contributed by atoms with Gasteiger partial charge in [0, 0.05) is 17.9 Å². The maximum atomic E-state index is 12.9. The maximum Gasteiger partial charge on any atom is 1.00 e. The summed E-state index contributed by atoms with van der Waals surface area (Å²) in [5, 5.41) is 41.6. The third-order valence-electron chi connectivity index (χ3n) is 9.70. The zero-order chi connectivity index (χ0) is 91.3. The molecule has 7 N–H and O–H groups in total. The minimum absolute atomic E-state index is 0. The summed E-state index contributed by atoms with van der Waals surface area (Å²) in [5.74, 6) is -3.52. The van der Waals surface area contributed by atoms with E-state index in [4.69, 9.17) is 126 Å². The van der Waals surface area contributed by atoms with Crippen LogP contribution in [0.25, 0.3) is 5.53 Å². The Kier molecular flexibility index (Phi) is 59.2. The number of carbonyl (C=O) groups is 9. The minimum atomic E-state index is -1.35. The van der Waals surface area contributed by atoms with E-state index in [0.717, 1.165) is 41.1 Å². The van der Waals surface area contributed by atoms with Crippen molar-refractivity contribution in [3.8, 4) is 0 Å². The first-order valence-electron chi connectivity index (χ1n) is 34.3. The SMILES string of the molecule is C.C.CC(C)(C)O/N=C(\C(=O)O)c1nc(NC(=O)OC(C)(C)C)sc1Cl.CCOC(=O)/C(=N\OC(C)(C)C)c1csc(N(C(=O)OC(C)(C)C)C(=O)OC(C)(C)C)n1.CCOC(=O)/C(=N\OC(C)(C)C)c1csc(N)n1.CCOC(=O)/C(=N\OC(C)(C)C)c1nc(N(C(=O)OC(C)(C)C)C(=O)OC(C)(C)C)sc1Cl.CO.ClCCl.[N-]=NN=N.[Na+].[OH-]. The average molecular weight is 1870 g/mol. The first kappa shape index (κ1) is 125. The van der Waals surface area contributed by atoms with E-state index < -0.39 is 110 Å². The predicted octanol–water partition coefficient (Wildman–Crippen LogP) is 16.1. The van der Waals surface area contributed by atoms with E-state index in [0.29, 0.717) is 20.6 Å². The van der Waals surface area contributed by atoms with Crippen molar-refractivity contribution < 1.29 is 146 Å². The van der Waals surface area contributed by atoms with Gasteiger partial charge in [-0.15, -0.1) is 45.9 Å². The number of thiazole rings is 4. The molecule has 0 aliphatic rings. The van der Waals surface area contributed by atoms with E-state index in [1.54, 1.807) is 192 Å². The number of hydrogen-bond acceptors (Lipinski definition) is 37. The molecule has 0 aliphatic heterocycles. The van der Waals surface area contributed by atoms with Crippen LogP contribution >= 0.6 is 91.8 Å². The van der Waals surface area contributed by atoms with Gasteiger partial charge in [-0.2, -0.15) is 9.80 Å². The van der Waals surface area contributed by atoms with Gasteiger partial charge in [0.1, 0.15) is 81.9 Å². The molecule has 4 heterocycles. The second kappa shape index (κ2) is 56.7. The number of amides is 5. The van der Waals surface area contributed by atoms with Gasteiger partial charge in [0.15, 0.2) is 10.3 Å². The van der Waals surface area contributed by atoms with Crippen molar-refractivity contribution in [3.05, 3.63) is 47.7 Å². The number of ether oxygens (including phenoxy) is 8. The van der Waals surface area contributed by atoms with Gasteiger partial charge in [0.25, 0.3) is 0 Å². The molecule has 4 rings (SSSR count). The number of aliphatic hydroxyl groups excluding tert-OH is 1. The van der Waals surface area contributed by atoms with Crippen LogP contribution in [0.3, 0.4) is 0 Å². The summed E-state index contributed by atoms with van der Waals surface area (Å²) in [6.07, 6.45) is -4.69. The number of nitrogens with one attached hydrogen (secondary N) is 2. The molecule has 0 spiro atoms. The Bertz CT molecular complexity index is 3940. The fraction of sp³-hybridized carbons (Fsp3) is 0.648. The van der Waals surface area contributed by atoms with Crippen molar-refractivity contribution in [2.75, 3.05) is 53.1 Å². The number of carboxylic acids is 1. The second-order valence-electron chi connectivity index (χ2n) is 30.9. The summed E-state index contributed by atoms with van der Waals surface area (Å²) >= 11 is 25.7. The van der Waals surface area contributed by atoms with E-state index in [2.05, 4.69) is 51.1 Å². The predicted molar refractivity (Wildman–Crippen MR) is 461 cm³/mol. The largest absolute Gasteiger partial charge is 1.00 e. The Morgan fingerprint density at radius 2 is 0.758 bits per heavy atom. The molecule has 5 amide bonds. The number of nitrogen functional groups attached to an aromatic ring is 1. The van der Waals surface area contributed by atoms with E-state index in [-0.39, 0.29) is 133 Å². The number of alkyl halides is 2. The number of hydrogen-bond donors (Lipinski definition) is 5. The maximum absolute atomic E-state index is 12.9. The number of carbonyl (C=O) groups excluding carboxylic acids is 8. The molecule has 0 saturated carbocycles. The van der Waals surface area contributed by atoms with Crippen molar-refractivity contribution in [2.45, 2.75) is 273 Å². The number of oxime groups is 4. The van der Waals surface area contributed by atoms with Crippen LogP contribution in [0.5, 0.6) is 0 Å². The molecule has 4 aromatic heterocycles. The summed E-state index contributed by atoms with van der Waals surface area (Å²) in [7, 11) is 1.00. The smallest absolute Gasteiger partial charge is 0.870 e. The van der Waals surface area contributed by atoms with Crippen LogP contribution in [-0.4, -0.2) is 195 Å². The number of imide groups is 2. The third kappa shape index (κ3) is 55.9. The number of anilines is 4. The van der Waals surface area contributed by atoms with Crippen LogP contribution in [0.1, 0.15) is 245 Å². The van der Waals surface area contributed by atoms with Crippen molar-refractivity contribution in [1.82, 2.24) is 19.9 Å². The molecule has 0 bridgehead atoms. The Balaban J connectivity index is -0.000000276.